The van der Waals surface area contributed by atoms with Gasteiger partial charge in [0, 0.05) is 14.2 Å². The van der Waals surface area contributed by atoms with Crippen LogP contribution >= 0.6 is 0 Å². The summed E-state index contributed by atoms with van der Waals surface area (Å²) >= 11 is 0. The summed E-state index contributed by atoms with van der Waals surface area (Å²) in [6.45, 7) is 3.48. The van der Waals surface area contributed by atoms with Crippen molar-refractivity contribution in [2.45, 2.75) is 25.4 Å². The van der Waals surface area contributed by atoms with E-state index in [1.165, 1.54) is 7.11 Å². The summed E-state index contributed by atoms with van der Waals surface area (Å²) in [6.07, 6.45) is 1.57. The lowest BCUT2D eigenvalue weighted by Crippen LogP contribution is -2.54. The first-order valence-corrected chi connectivity index (χ1v) is 5.24. The van der Waals surface area contributed by atoms with Crippen molar-refractivity contribution in [1.82, 2.24) is 20.1 Å². The Morgan fingerprint density at radius 1 is 1.76 bits per heavy atom. The Hall–Kier alpha value is -1.47. The van der Waals surface area contributed by atoms with E-state index in [-0.39, 0.29) is 12.6 Å². The van der Waals surface area contributed by atoms with Crippen molar-refractivity contribution >= 4 is 5.97 Å². The van der Waals surface area contributed by atoms with E-state index in [1.54, 1.807) is 17.8 Å². The quantitative estimate of drug-likeness (QED) is 0.727. The summed E-state index contributed by atoms with van der Waals surface area (Å²) in [7, 11) is 3.28. The number of nitrogens with zero attached hydrogens (tertiary/aromatic N) is 3. The van der Waals surface area contributed by atoms with Gasteiger partial charge in [0.2, 0.25) is 0 Å². The first-order chi connectivity index (χ1) is 7.90. The molecular weight excluding hydrogens is 224 g/mol. The fourth-order valence-electron chi connectivity index (χ4n) is 1.68. The second kappa shape index (κ2) is 5.24. The zero-order chi connectivity index (χ0) is 13.1. The van der Waals surface area contributed by atoms with Gasteiger partial charge in [0.1, 0.15) is 17.7 Å². The van der Waals surface area contributed by atoms with Gasteiger partial charge in [-0.05, 0) is 13.8 Å². The Morgan fingerprint density at radius 3 is 2.82 bits per heavy atom. The fourth-order valence-corrected chi connectivity index (χ4v) is 1.68. The van der Waals surface area contributed by atoms with Gasteiger partial charge in [0.25, 0.3) is 0 Å². The zero-order valence-corrected chi connectivity index (χ0v) is 10.5. The predicted octanol–water partition coefficient (Wildman–Crippen LogP) is -0.0446. The Kier molecular flexibility index (Phi) is 4.19. The molecule has 0 saturated heterocycles. The van der Waals surface area contributed by atoms with Gasteiger partial charge in [0.05, 0.1) is 12.6 Å². The maximum absolute atomic E-state index is 11.2. The van der Waals surface area contributed by atoms with Gasteiger partial charge in [-0.3, -0.25) is 10.1 Å². The van der Waals surface area contributed by atoms with Crippen LogP contribution in [0.15, 0.2) is 6.33 Å². The van der Waals surface area contributed by atoms with E-state index in [4.69, 9.17) is 4.74 Å². The molecule has 0 fully saturated rings. The minimum Gasteiger partial charge on any atom is -0.480 e. The summed E-state index contributed by atoms with van der Waals surface area (Å²) < 4.78 is 6.67. The van der Waals surface area contributed by atoms with Crippen LogP contribution < -0.4 is 5.32 Å². The maximum atomic E-state index is 11.2. The van der Waals surface area contributed by atoms with Crippen LogP contribution in [0.2, 0.25) is 0 Å². The van der Waals surface area contributed by atoms with E-state index in [0.29, 0.717) is 5.82 Å². The summed E-state index contributed by atoms with van der Waals surface area (Å²) in [5, 5.41) is 19.9. The smallest absolute Gasteiger partial charge is 0.326 e. The van der Waals surface area contributed by atoms with Gasteiger partial charge < -0.3 is 14.4 Å². The lowest BCUT2D eigenvalue weighted by molar-refractivity contribution is -0.146. The van der Waals surface area contributed by atoms with E-state index in [0.717, 1.165) is 0 Å². The number of rotatable bonds is 6. The third-order valence-corrected chi connectivity index (χ3v) is 2.57. The summed E-state index contributed by atoms with van der Waals surface area (Å²) in [5.41, 5.74) is -1.15. The molecule has 0 radical (unpaired) electrons. The number of ether oxygens (including phenoxy) is 1. The number of carbonyl (C=O) groups is 1. The number of carboxylic acids is 1. The fraction of sp³-hybridized carbons (Fsp3) is 0.700. The van der Waals surface area contributed by atoms with Crippen LogP contribution in [0.5, 0.6) is 0 Å². The molecule has 7 heteroatoms. The van der Waals surface area contributed by atoms with E-state index in [2.05, 4.69) is 15.5 Å². The molecule has 17 heavy (non-hydrogen) atoms. The largest absolute Gasteiger partial charge is 0.480 e. The molecule has 96 valence electrons. The molecule has 0 spiro atoms. The summed E-state index contributed by atoms with van der Waals surface area (Å²) in [5.74, 6) is -0.290. The van der Waals surface area contributed by atoms with Crippen LogP contribution in [0.4, 0.5) is 0 Å². The molecule has 0 aromatic carbocycles. The molecule has 1 aromatic heterocycles. The first-order valence-electron chi connectivity index (χ1n) is 5.24. The normalized spacial score (nSPS) is 16.5. The second-order valence-corrected chi connectivity index (χ2v) is 4.24. The highest BCUT2D eigenvalue weighted by Crippen LogP contribution is 2.14. The van der Waals surface area contributed by atoms with Crippen molar-refractivity contribution in [3.05, 3.63) is 12.2 Å². The molecule has 7 nitrogen and oxygen atoms in total. The topological polar surface area (TPSA) is 89.3 Å². The lowest BCUT2D eigenvalue weighted by Gasteiger charge is -2.28. The highest BCUT2D eigenvalue weighted by Gasteiger charge is 2.35. The Labute approximate surface area is 99.8 Å². The van der Waals surface area contributed by atoms with Crippen LogP contribution in [0.3, 0.4) is 0 Å². The molecule has 0 aliphatic heterocycles. The molecule has 0 amide bonds. The van der Waals surface area contributed by atoms with E-state index < -0.39 is 11.5 Å². The standard InChI is InChI=1S/C10H18N4O3/c1-7(8-13-11-6-14(8)3)12-10(2,5-17-4)9(15)16/h6-7,12H,5H2,1-4H3,(H,15,16). The molecule has 0 aliphatic rings. The molecule has 0 bridgehead atoms. The van der Waals surface area contributed by atoms with Crippen LogP contribution in [-0.2, 0) is 16.6 Å². The van der Waals surface area contributed by atoms with Crippen molar-refractivity contribution in [1.29, 1.82) is 0 Å². The molecular formula is C10H18N4O3. The average Bonchev–Trinajstić information content (AvgIpc) is 2.64. The van der Waals surface area contributed by atoms with Crippen LogP contribution in [0.25, 0.3) is 0 Å². The Balaban J connectivity index is 2.81. The third kappa shape index (κ3) is 3.01. The molecule has 1 rings (SSSR count). The van der Waals surface area contributed by atoms with E-state index in [1.807, 2.05) is 14.0 Å². The number of nitrogens with one attached hydrogen (secondary N) is 1. The molecule has 1 aromatic rings. The number of aliphatic carboxylic acids is 1. The van der Waals surface area contributed by atoms with Crippen molar-refractivity contribution in [2.75, 3.05) is 13.7 Å². The van der Waals surface area contributed by atoms with E-state index in [9.17, 15) is 9.90 Å². The van der Waals surface area contributed by atoms with Gasteiger partial charge in [-0.15, -0.1) is 10.2 Å². The van der Waals surface area contributed by atoms with Crippen LogP contribution in [0.1, 0.15) is 25.7 Å². The summed E-state index contributed by atoms with van der Waals surface area (Å²) in [6, 6.07) is -0.237. The monoisotopic (exact) mass is 242 g/mol. The lowest BCUT2D eigenvalue weighted by atomic mass is 10.0. The van der Waals surface area contributed by atoms with Crippen molar-refractivity contribution < 1.29 is 14.6 Å². The van der Waals surface area contributed by atoms with Gasteiger partial charge in [-0.2, -0.15) is 0 Å². The van der Waals surface area contributed by atoms with Gasteiger partial charge in [0.15, 0.2) is 0 Å². The molecule has 2 atom stereocenters. The summed E-state index contributed by atoms with van der Waals surface area (Å²) in [4.78, 5) is 11.2. The van der Waals surface area contributed by atoms with Crippen molar-refractivity contribution in [3.63, 3.8) is 0 Å². The average molecular weight is 242 g/mol. The highest BCUT2D eigenvalue weighted by atomic mass is 16.5. The van der Waals surface area contributed by atoms with E-state index >= 15 is 0 Å². The molecule has 0 aliphatic carbocycles. The minimum absolute atomic E-state index is 0.0739. The minimum atomic E-state index is -1.15. The zero-order valence-electron chi connectivity index (χ0n) is 10.5. The van der Waals surface area contributed by atoms with Gasteiger partial charge in [-0.25, -0.2) is 0 Å². The van der Waals surface area contributed by atoms with Gasteiger partial charge in [-0.1, -0.05) is 0 Å². The SMILES string of the molecule is COCC(C)(NC(C)c1nncn1C)C(=O)O. The predicted molar refractivity (Wildman–Crippen MR) is 60.5 cm³/mol. The maximum Gasteiger partial charge on any atom is 0.326 e. The Morgan fingerprint density at radius 2 is 2.41 bits per heavy atom. The molecule has 2 N–H and O–H groups in total. The van der Waals surface area contributed by atoms with Crippen molar-refractivity contribution in [3.8, 4) is 0 Å². The van der Waals surface area contributed by atoms with Crippen molar-refractivity contribution in [2.24, 2.45) is 7.05 Å². The third-order valence-electron chi connectivity index (χ3n) is 2.57. The molecule has 0 saturated carbocycles. The Bertz CT molecular complexity index is 393. The number of aromatic nitrogens is 3. The number of carboxylic acid groups (broad SMARTS) is 1. The van der Waals surface area contributed by atoms with Gasteiger partial charge >= 0.3 is 5.97 Å². The number of methoxy groups -OCH3 is 1. The number of aryl methyl sites for hydroxylation is 1. The second-order valence-electron chi connectivity index (χ2n) is 4.24. The van der Waals surface area contributed by atoms with Crippen LogP contribution in [-0.4, -0.2) is 45.1 Å². The van der Waals surface area contributed by atoms with Crippen LogP contribution in [0, 0.1) is 0 Å². The number of hydrogen-bond acceptors (Lipinski definition) is 5. The number of hydrogen-bond donors (Lipinski definition) is 2. The first kappa shape index (κ1) is 13.6. The highest BCUT2D eigenvalue weighted by molar-refractivity contribution is 5.78. The molecule has 1 heterocycles. The molecule has 2 unspecified atom stereocenters.